The molecule has 4 heterocycles. The molecule has 6 rings (SSSR count). The second-order valence-electron chi connectivity index (χ2n) is 10.1. The Hall–Kier alpha value is -2.84. The van der Waals surface area contributed by atoms with Crippen molar-refractivity contribution in [1.82, 2.24) is 19.7 Å². The maximum Gasteiger partial charge on any atom is 0.216 e. The maximum absolute atomic E-state index is 14.7. The van der Waals surface area contributed by atoms with Gasteiger partial charge in [-0.3, -0.25) is 4.90 Å². The molecule has 2 aliphatic heterocycles. The molecule has 7 nitrogen and oxygen atoms in total. The van der Waals surface area contributed by atoms with Crippen LogP contribution in [0.1, 0.15) is 31.7 Å². The van der Waals surface area contributed by atoms with Crippen molar-refractivity contribution in [3.8, 4) is 5.69 Å². The third-order valence-corrected chi connectivity index (χ3v) is 8.01. The molecule has 2 aromatic heterocycles. The van der Waals surface area contributed by atoms with Gasteiger partial charge in [-0.1, -0.05) is 18.6 Å². The molecule has 34 heavy (non-hydrogen) atoms. The largest absolute Gasteiger partial charge is 0.378 e. The van der Waals surface area contributed by atoms with Crippen LogP contribution in [0.25, 0.3) is 16.6 Å². The van der Waals surface area contributed by atoms with E-state index in [9.17, 15) is 4.39 Å². The van der Waals surface area contributed by atoms with Gasteiger partial charge < -0.3 is 14.6 Å². The molecule has 0 radical (unpaired) electrons. The van der Waals surface area contributed by atoms with E-state index in [0.29, 0.717) is 23.6 Å². The Morgan fingerprint density at radius 1 is 1.21 bits per heavy atom. The molecule has 0 spiro atoms. The Kier molecular flexibility index (Phi) is 5.37. The number of hydrogen-bond acceptors (Lipinski definition) is 6. The monoisotopic (exact) mass is 462 g/mol. The molecule has 0 bridgehead atoms. The highest BCUT2D eigenvalue weighted by Crippen LogP contribution is 2.44. The van der Waals surface area contributed by atoms with Gasteiger partial charge in [0.05, 0.1) is 36.7 Å². The zero-order valence-electron chi connectivity index (χ0n) is 19.7. The van der Waals surface area contributed by atoms with Crippen LogP contribution < -0.4 is 4.90 Å². The molecule has 3 fully saturated rings. The summed E-state index contributed by atoms with van der Waals surface area (Å²) >= 11 is 0. The fourth-order valence-electron chi connectivity index (χ4n) is 5.80. The van der Waals surface area contributed by atoms with E-state index >= 15 is 0 Å². The van der Waals surface area contributed by atoms with Gasteiger partial charge in [0.15, 0.2) is 0 Å². The van der Waals surface area contributed by atoms with Crippen molar-refractivity contribution >= 4 is 23.4 Å². The number of pyridine rings is 1. The molecule has 0 N–H and O–H groups in total. The lowest BCUT2D eigenvalue weighted by Gasteiger charge is -2.46. The van der Waals surface area contributed by atoms with Gasteiger partial charge in [0, 0.05) is 55.2 Å². The van der Waals surface area contributed by atoms with Crippen LogP contribution in [-0.4, -0.2) is 77.9 Å². The number of halogens is 1. The summed E-state index contributed by atoms with van der Waals surface area (Å²) in [7, 11) is 0. The number of fused-ring (bicyclic) bond motifs is 1. The van der Waals surface area contributed by atoms with Crippen molar-refractivity contribution in [3.05, 3.63) is 48.0 Å². The highest BCUT2D eigenvalue weighted by molar-refractivity contribution is 5.81. The number of aromatic nitrogens is 3. The molecular formula is C26H31FN6O. The molecule has 8 heteroatoms. The van der Waals surface area contributed by atoms with Gasteiger partial charge in [-0.15, -0.1) is 0 Å². The van der Waals surface area contributed by atoms with Gasteiger partial charge in [0.1, 0.15) is 5.82 Å². The summed E-state index contributed by atoms with van der Waals surface area (Å²) in [5.74, 6) is 0.179. The number of aliphatic imine (C=N–C) groups is 1. The van der Waals surface area contributed by atoms with Gasteiger partial charge in [0.25, 0.3) is 0 Å². The SMILES string of the molecule is C=NCC1(c2ccc3cnn(-c4cc(F)nc(N5CCN(C6COC6)[C@@H](C)C5)c4)c3c2)CCC1. The minimum Gasteiger partial charge on any atom is -0.378 e. The second kappa shape index (κ2) is 8.43. The molecule has 3 aromatic rings. The van der Waals surface area contributed by atoms with Crippen LogP contribution in [0, 0.1) is 5.95 Å². The molecule has 3 aliphatic rings. The fraction of sp³-hybridized carbons (Fsp3) is 0.500. The summed E-state index contributed by atoms with van der Waals surface area (Å²) in [6.45, 7) is 10.9. The third kappa shape index (κ3) is 3.60. The molecule has 0 amide bonds. The Labute approximate surface area is 199 Å². The summed E-state index contributed by atoms with van der Waals surface area (Å²) < 4.78 is 22.0. The summed E-state index contributed by atoms with van der Waals surface area (Å²) in [6.07, 6.45) is 5.30. The normalized spacial score (nSPS) is 23.0. The van der Waals surface area contributed by atoms with Gasteiger partial charge in [0.2, 0.25) is 5.95 Å². The quantitative estimate of drug-likeness (QED) is 0.414. The van der Waals surface area contributed by atoms with Crippen LogP contribution >= 0.6 is 0 Å². The third-order valence-electron chi connectivity index (χ3n) is 8.01. The summed E-state index contributed by atoms with van der Waals surface area (Å²) in [6, 6.07) is 10.8. The minimum absolute atomic E-state index is 0.0704. The predicted octanol–water partition coefficient (Wildman–Crippen LogP) is 3.59. The molecule has 1 saturated carbocycles. The van der Waals surface area contributed by atoms with Crippen LogP contribution in [0.4, 0.5) is 10.2 Å². The van der Waals surface area contributed by atoms with Crippen molar-refractivity contribution in [2.24, 2.45) is 4.99 Å². The van der Waals surface area contributed by atoms with Crippen LogP contribution in [0.3, 0.4) is 0 Å². The topological polar surface area (TPSA) is 58.8 Å². The predicted molar refractivity (Wildman–Crippen MR) is 132 cm³/mol. The first-order valence-corrected chi connectivity index (χ1v) is 12.2. The van der Waals surface area contributed by atoms with Crippen LogP contribution in [0.5, 0.6) is 0 Å². The average molecular weight is 463 g/mol. The van der Waals surface area contributed by atoms with E-state index in [1.807, 2.05) is 16.9 Å². The lowest BCUT2D eigenvalue weighted by Crippen LogP contribution is -2.60. The summed E-state index contributed by atoms with van der Waals surface area (Å²) in [4.78, 5) is 13.1. The van der Waals surface area contributed by atoms with Crippen molar-refractivity contribution < 1.29 is 9.13 Å². The standard InChI is InChI=1S/C26H31FN6O/c1-18-14-31(8-9-32(18)22-15-34-16-22)25-12-21(11-24(27)30-25)33-23-10-20(5-4-19(23)13-29-33)26(17-28-2)6-3-7-26/h4-5,10-13,18,22H,2-3,6-9,14-17H2,1H3/t18-/m0/s1. The molecule has 0 unspecified atom stereocenters. The van der Waals surface area contributed by atoms with Crippen LogP contribution in [0.2, 0.25) is 0 Å². The molecule has 178 valence electrons. The minimum atomic E-state index is -0.485. The first-order chi connectivity index (χ1) is 16.6. The van der Waals surface area contributed by atoms with E-state index in [1.165, 1.54) is 18.1 Å². The number of rotatable bonds is 6. The van der Waals surface area contributed by atoms with E-state index in [4.69, 9.17) is 4.74 Å². The van der Waals surface area contributed by atoms with Crippen molar-refractivity contribution in [2.75, 3.05) is 44.3 Å². The Morgan fingerprint density at radius 3 is 2.74 bits per heavy atom. The highest BCUT2D eigenvalue weighted by atomic mass is 19.1. The fourth-order valence-corrected chi connectivity index (χ4v) is 5.80. The van der Waals surface area contributed by atoms with E-state index in [-0.39, 0.29) is 5.41 Å². The average Bonchev–Trinajstić information content (AvgIpc) is 3.19. The number of anilines is 1. The molecule has 1 atom stereocenters. The lowest BCUT2D eigenvalue weighted by molar-refractivity contribution is -0.0793. The smallest absolute Gasteiger partial charge is 0.216 e. The van der Waals surface area contributed by atoms with Crippen molar-refractivity contribution in [3.63, 3.8) is 0 Å². The van der Waals surface area contributed by atoms with E-state index in [2.05, 4.69) is 56.7 Å². The first-order valence-electron chi connectivity index (χ1n) is 12.2. The Morgan fingerprint density at radius 2 is 2.06 bits per heavy atom. The van der Waals surface area contributed by atoms with E-state index in [0.717, 1.165) is 63.1 Å². The first kappa shape index (κ1) is 21.7. The summed E-state index contributed by atoms with van der Waals surface area (Å²) in [5, 5.41) is 5.66. The number of ether oxygens (including phenoxy) is 1. The van der Waals surface area contributed by atoms with Crippen molar-refractivity contribution in [2.45, 2.75) is 43.7 Å². The molecule has 2 saturated heterocycles. The Balaban J connectivity index is 1.32. The van der Waals surface area contributed by atoms with Gasteiger partial charge in [-0.25, -0.2) is 9.67 Å². The number of piperazine rings is 1. The zero-order chi connectivity index (χ0) is 23.3. The van der Waals surface area contributed by atoms with Gasteiger partial charge >= 0.3 is 0 Å². The second-order valence-corrected chi connectivity index (χ2v) is 10.1. The van der Waals surface area contributed by atoms with E-state index in [1.54, 1.807) is 0 Å². The maximum atomic E-state index is 14.7. The van der Waals surface area contributed by atoms with Crippen molar-refractivity contribution in [1.29, 1.82) is 0 Å². The van der Waals surface area contributed by atoms with Crippen LogP contribution in [0.15, 0.2) is 41.5 Å². The highest BCUT2D eigenvalue weighted by Gasteiger charge is 2.38. The summed E-state index contributed by atoms with van der Waals surface area (Å²) in [5.41, 5.74) is 3.01. The zero-order valence-corrected chi connectivity index (χ0v) is 19.7. The van der Waals surface area contributed by atoms with Gasteiger partial charge in [-0.2, -0.15) is 9.49 Å². The number of benzene rings is 1. The molecule has 1 aromatic carbocycles. The van der Waals surface area contributed by atoms with Gasteiger partial charge in [-0.05, 0) is 38.1 Å². The number of nitrogens with zero attached hydrogens (tertiary/aromatic N) is 6. The Bertz CT molecular complexity index is 1220. The molecular weight excluding hydrogens is 431 g/mol. The lowest BCUT2D eigenvalue weighted by atomic mass is 9.64. The number of hydrogen-bond donors (Lipinski definition) is 0. The molecule has 1 aliphatic carbocycles. The van der Waals surface area contributed by atoms with E-state index < -0.39 is 5.95 Å². The van der Waals surface area contributed by atoms with Crippen LogP contribution in [-0.2, 0) is 10.2 Å².